The third kappa shape index (κ3) is 3.72. The van der Waals surface area contributed by atoms with Crippen molar-refractivity contribution in [3.8, 4) is 0 Å². The van der Waals surface area contributed by atoms with E-state index in [-0.39, 0.29) is 0 Å². The molecule has 96 valence electrons. The highest BCUT2D eigenvalue weighted by atomic mass is 16.4. The Morgan fingerprint density at radius 3 is 2.35 bits per heavy atom. The summed E-state index contributed by atoms with van der Waals surface area (Å²) in [7, 11) is 0. The molecule has 0 aromatic carbocycles. The van der Waals surface area contributed by atoms with Gasteiger partial charge in [0, 0.05) is 24.9 Å². The molecule has 0 radical (unpaired) electrons. The molecule has 6 heteroatoms. The van der Waals surface area contributed by atoms with Gasteiger partial charge in [-0.2, -0.15) is 0 Å². The van der Waals surface area contributed by atoms with E-state index in [0.717, 1.165) is 0 Å². The van der Waals surface area contributed by atoms with E-state index >= 15 is 0 Å². The molecule has 0 aliphatic rings. The molecule has 1 aromatic rings. The minimum absolute atomic E-state index is 0.351. The number of hydrogen-bond acceptors (Lipinski definition) is 4. The van der Waals surface area contributed by atoms with Crippen LogP contribution in [0.25, 0.3) is 0 Å². The number of hydrogen-bond donors (Lipinski definition) is 1. The molecule has 1 heterocycles. The van der Waals surface area contributed by atoms with E-state index in [1.807, 2.05) is 27.7 Å². The Hall–Kier alpha value is -1.59. The summed E-state index contributed by atoms with van der Waals surface area (Å²) in [6, 6.07) is 0. The summed E-state index contributed by atoms with van der Waals surface area (Å²) in [4.78, 5) is 12.5. The van der Waals surface area contributed by atoms with Gasteiger partial charge in [0.25, 0.3) is 0 Å². The van der Waals surface area contributed by atoms with Crippen LogP contribution in [-0.2, 0) is 12.8 Å². The maximum atomic E-state index is 11.1. The van der Waals surface area contributed by atoms with E-state index in [4.69, 9.17) is 9.52 Å². The zero-order valence-electron chi connectivity index (χ0n) is 10.7. The molecule has 0 saturated heterocycles. The first-order valence-electron chi connectivity index (χ1n) is 5.66. The van der Waals surface area contributed by atoms with Gasteiger partial charge in [0.15, 0.2) is 0 Å². The van der Waals surface area contributed by atoms with Crippen molar-refractivity contribution in [2.45, 2.75) is 46.1 Å². The normalized spacial score (nSPS) is 11.5. The van der Waals surface area contributed by atoms with Crippen LogP contribution in [0.15, 0.2) is 4.42 Å². The second kappa shape index (κ2) is 5.16. The van der Waals surface area contributed by atoms with E-state index in [9.17, 15) is 4.79 Å². The van der Waals surface area contributed by atoms with Crippen molar-refractivity contribution < 1.29 is 14.3 Å². The average Bonchev–Trinajstić information content (AvgIpc) is 2.63. The van der Waals surface area contributed by atoms with E-state index in [1.165, 1.54) is 4.90 Å². The van der Waals surface area contributed by atoms with Crippen molar-refractivity contribution in [2.24, 2.45) is 0 Å². The molecule has 0 saturated carbocycles. The fourth-order valence-corrected chi connectivity index (χ4v) is 1.46. The van der Waals surface area contributed by atoms with Crippen LogP contribution in [0.1, 0.15) is 39.5 Å². The molecule has 1 N–H and O–H groups in total. The third-order valence-electron chi connectivity index (χ3n) is 2.40. The minimum atomic E-state index is -0.937. The zero-order chi connectivity index (χ0) is 13.1. The number of carboxylic acid groups (broad SMARTS) is 1. The Bertz CT molecular complexity index is 382. The summed E-state index contributed by atoms with van der Waals surface area (Å²) in [6.45, 7) is 7.84. The summed E-state index contributed by atoms with van der Waals surface area (Å²) in [6.07, 6.45) is 0.193. The van der Waals surface area contributed by atoms with E-state index < -0.39 is 11.6 Å². The molecular formula is C11H19N3O3. The molecular weight excluding hydrogens is 222 g/mol. The molecule has 0 fully saturated rings. The van der Waals surface area contributed by atoms with Crippen LogP contribution >= 0.6 is 0 Å². The number of aromatic nitrogens is 2. The molecule has 17 heavy (non-hydrogen) atoms. The Balaban J connectivity index is 2.61. The van der Waals surface area contributed by atoms with Crippen molar-refractivity contribution in [1.29, 1.82) is 0 Å². The first kappa shape index (κ1) is 13.5. The largest absolute Gasteiger partial charge is 0.465 e. The van der Waals surface area contributed by atoms with E-state index in [2.05, 4.69) is 10.2 Å². The maximum Gasteiger partial charge on any atom is 0.407 e. The molecule has 0 bridgehead atoms. The molecule has 1 rings (SSSR count). The predicted octanol–water partition coefficient (Wildman–Crippen LogP) is 1.95. The molecule has 0 aliphatic heterocycles. The van der Waals surface area contributed by atoms with Gasteiger partial charge in [-0.1, -0.05) is 6.92 Å². The lowest BCUT2D eigenvalue weighted by atomic mass is 10.1. The van der Waals surface area contributed by atoms with Gasteiger partial charge in [0.2, 0.25) is 11.8 Å². The van der Waals surface area contributed by atoms with Crippen molar-refractivity contribution >= 4 is 6.09 Å². The molecule has 1 aromatic heterocycles. The molecule has 0 atom stereocenters. The lowest BCUT2D eigenvalue weighted by Crippen LogP contribution is -2.45. The first-order valence-corrected chi connectivity index (χ1v) is 5.66. The summed E-state index contributed by atoms with van der Waals surface area (Å²) in [5.74, 6) is 1.06. The SMILES string of the molecule is CCc1nnc(CCN(C(=O)O)C(C)(C)C)o1. The van der Waals surface area contributed by atoms with Gasteiger partial charge in [0.05, 0.1) is 0 Å². The number of amides is 1. The van der Waals surface area contributed by atoms with Crippen molar-refractivity contribution in [3.63, 3.8) is 0 Å². The smallest absolute Gasteiger partial charge is 0.407 e. The Kier molecular flexibility index (Phi) is 4.09. The van der Waals surface area contributed by atoms with Gasteiger partial charge in [0.1, 0.15) is 0 Å². The number of carbonyl (C=O) groups is 1. The topological polar surface area (TPSA) is 79.5 Å². The third-order valence-corrected chi connectivity index (χ3v) is 2.40. The Labute approximate surface area is 101 Å². The number of aryl methyl sites for hydroxylation is 1. The highest BCUT2D eigenvalue weighted by Crippen LogP contribution is 2.14. The van der Waals surface area contributed by atoms with Gasteiger partial charge in [-0.25, -0.2) is 4.79 Å². The lowest BCUT2D eigenvalue weighted by molar-refractivity contribution is 0.0999. The molecule has 1 amide bonds. The van der Waals surface area contributed by atoms with Crippen molar-refractivity contribution in [3.05, 3.63) is 11.8 Å². The van der Waals surface area contributed by atoms with Crippen LogP contribution in [0.3, 0.4) is 0 Å². The first-order chi connectivity index (χ1) is 7.84. The number of nitrogens with zero attached hydrogens (tertiary/aromatic N) is 3. The van der Waals surface area contributed by atoms with Gasteiger partial charge < -0.3 is 14.4 Å². The second-order valence-corrected chi connectivity index (χ2v) is 4.80. The Morgan fingerprint density at radius 1 is 1.35 bits per heavy atom. The fraction of sp³-hybridized carbons (Fsp3) is 0.727. The maximum absolute atomic E-state index is 11.1. The quantitative estimate of drug-likeness (QED) is 0.871. The molecule has 0 spiro atoms. The van der Waals surface area contributed by atoms with Crippen molar-refractivity contribution in [2.75, 3.05) is 6.54 Å². The Morgan fingerprint density at radius 2 is 1.94 bits per heavy atom. The highest BCUT2D eigenvalue weighted by molar-refractivity contribution is 5.65. The second-order valence-electron chi connectivity index (χ2n) is 4.80. The van der Waals surface area contributed by atoms with Gasteiger partial charge >= 0.3 is 6.09 Å². The summed E-state index contributed by atoms with van der Waals surface area (Å²) < 4.78 is 5.33. The monoisotopic (exact) mass is 241 g/mol. The number of rotatable bonds is 4. The molecule has 6 nitrogen and oxygen atoms in total. The van der Waals surface area contributed by atoms with Gasteiger partial charge in [-0.15, -0.1) is 10.2 Å². The molecule has 0 unspecified atom stereocenters. The summed E-state index contributed by atoms with van der Waals surface area (Å²) in [5, 5.41) is 16.8. The fourth-order valence-electron chi connectivity index (χ4n) is 1.46. The van der Waals surface area contributed by atoms with Crippen LogP contribution in [0, 0.1) is 0 Å². The highest BCUT2D eigenvalue weighted by Gasteiger charge is 2.26. The van der Waals surface area contributed by atoms with Crippen molar-refractivity contribution in [1.82, 2.24) is 15.1 Å². The summed E-state index contributed by atoms with van der Waals surface area (Å²) in [5.41, 5.74) is -0.431. The summed E-state index contributed by atoms with van der Waals surface area (Å²) >= 11 is 0. The average molecular weight is 241 g/mol. The lowest BCUT2D eigenvalue weighted by Gasteiger charge is -2.32. The van der Waals surface area contributed by atoms with E-state index in [0.29, 0.717) is 31.2 Å². The van der Waals surface area contributed by atoms with E-state index in [1.54, 1.807) is 0 Å². The van der Waals surface area contributed by atoms with Crippen LogP contribution in [0.5, 0.6) is 0 Å². The zero-order valence-corrected chi connectivity index (χ0v) is 10.7. The van der Waals surface area contributed by atoms with Crippen LogP contribution < -0.4 is 0 Å². The predicted molar refractivity (Wildman–Crippen MR) is 61.9 cm³/mol. The van der Waals surface area contributed by atoms with Gasteiger partial charge in [-0.05, 0) is 20.8 Å². The van der Waals surface area contributed by atoms with Crippen LogP contribution in [-0.4, -0.2) is 38.4 Å². The minimum Gasteiger partial charge on any atom is -0.465 e. The van der Waals surface area contributed by atoms with Crippen LogP contribution in [0.4, 0.5) is 4.79 Å². The van der Waals surface area contributed by atoms with Gasteiger partial charge in [-0.3, -0.25) is 0 Å². The molecule has 0 aliphatic carbocycles. The van der Waals surface area contributed by atoms with Crippen LogP contribution in [0.2, 0.25) is 0 Å². The standard InChI is InChI=1S/C11H19N3O3/c1-5-8-12-13-9(17-8)6-7-14(10(15)16)11(2,3)4/h5-7H2,1-4H3,(H,15,16).